The van der Waals surface area contributed by atoms with Gasteiger partial charge in [0.05, 0.1) is 13.2 Å². The van der Waals surface area contributed by atoms with E-state index in [2.05, 4.69) is 10.4 Å². The largest absolute Gasteiger partial charge is 0.378 e. The van der Waals surface area contributed by atoms with Gasteiger partial charge in [-0.15, -0.1) is 0 Å². The lowest BCUT2D eigenvalue weighted by molar-refractivity contribution is -0.136. The molecule has 1 saturated carbocycles. The van der Waals surface area contributed by atoms with Crippen LogP contribution in [0, 0.1) is 5.41 Å². The third-order valence-corrected chi connectivity index (χ3v) is 6.40. The Morgan fingerprint density at radius 3 is 2.57 bits per heavy atom. The second-order valence-corrected chi connectivity index (χ2v) is 8.41. The number of likely N-dealkylation sites (tertiary alicyclic amines) is 1. The van der Waals surface area contributed by atoms with Crippen molar-refractivity contribution in [2.45, 2.75) is 51.5 Å². The average molecular weight is 390 g/mol. The second kappa shape index (κ2) is 8.51. The van der Waals surface area contributed by atoms with Crippen LogP contribution in [0.2, 0.25) is 0 Å². The first-order valence-corrected chi connectivity index (χ1v) is 10.6. The molecule has 3 heterocycles. The Labute approximate surface area is 166 Å². The predicted octanol–water partition coefficient (Wildman–Crippen LogP) is 2.32. The monoisotopic (exact) mass is 389 g/mol. The minimum Gasteiger partial charge on any atom is -0.378 e. The molecule has 2 saturated heterocycles. The van der Waals surface area contributed by atoms with Crippen LogP contribution >= 0.6 is 0 Å². The van der Waals surface area contributed by atoms with Gasteiger partial charge in [-0.1, -0.05) is 19.3 Å². The molecule has 3 aliphatic rings. The molecular weight excluding hydrogens is 358 g/mol. The van der Waals surface area contributed by atoms with Crippen molar-refractivity contribution >= 4 is 17.8 Å². The Morgan fingerprint density at radius 2 is 1.79 bits per heavy atom. The molecule has 0 aromatic carbocycles. The Kier molecular flexibility index (Phi) is 5.85. The lowest BCUT2D eigenvalue weighted by Crippen LogP contribution is -2.48. The maximum atomic E-state index is 12.7. The number of rotatable bonds is 3. The first kappa shape index (κ1) is 19.2. The molecule has 0 unspecified atom stereocenters. The maximum absolute atomic E-state index is 12.7. The van der Waals surface area contributed by atoms with Crippen LogP contribution in [0.5, 0.6) is 0 Å². The fourth-order valence-electron chi connectivity index (χ4n) is 4.85. The fraction of sp³-hybridized carbons (Fsp3) is 0.750. The van der Waals surface area contributed by atoms with Crippen LogP contribution in [0.15, 0.2) is 12.3 Å². The summed E-state index contributed by atoms with van der Waals surface area (Å²) in [6.45, 7) is 4.27. The van der Waals surface area contributed by atoms with E-state index in [1.807, 2.05) is 4.90 Å². The topological polar surface area (TPSA) is 79.7 Å². The molecule has 3 fully saturated rings. The van der Waals surface area contributed by atoms with E-state index in [1.54, 1.807) is 21.8 Å². The van der Waals surface area contributed by atoms with Gasteiger partial charge in [0.1, 0.15) is 6.54 Å². The van der Waals surface area contributed by atoms with Gasteiger partial charge in [-0.3, -0.25) is 14.8 Å². The van der Waals surface area contributed by atoms with Crippen LogP contribution < -0.4 is 5.32 Å². The quantitative estimate of drug-likeness (QED) is 0.860. The minimum atomic E-state index is -0.0746. The summed E-state index contributed by atoms with van der Waals surface area (Å²) < 4.78 is 6.87. The van der Waals surface area contributed by atoms with Gasteiger partial charge in [0.2, 0.25) is 5.91 Å². The van der Waals surface area contributed by atoms with E-state index in [4.69, 9.17) is 4.74 Å². The zero-order chi connectivity index (χ0) is 19.4. The van der Waals surface area contributed by atoms with Crippen molar-refractivity contribution in [3.8, 4) is 0 Å². The molecular formula is C20H31N5O3. The number of ether oxygens (including phenoxy) is 1. The number of anilines is 1. The first-order valence-electron chi connectivity index (χ1n) is 10.6. The minimum absolute atomic E-state index is 0.0274. The van der Waals surface area contributed by atoms with E-state index < -0.39 is 0 Å². The standard InChI is InChI=1S/C20H31N5O3/c26-18(23-11-13-28-14-12-23)15-25-10-5-17(22-25)21-19(27)24-9-4-8-20(16-24)6-2-1-3-7-20/h5,10H,1-4,6-9,11-16H2,(H,21,22,27). The predicted molar refractivity (Wildman–Crippen MR) is 105 cm³/mol. The molecule has 8 heteroatoms. The highest BCUT2D eigenvalue weighted by molar-refractivity contribution is 5.88. The number of hydrogen-bond donors (Lipinski definition) is 1. The molecule has 1 spiro atoms. The van der Waals surface area contributed by atoms with Crippen LogP contribution in [-0.4, -0.2) is 70.9 Å². The van der Waals surface area contributed by atoms with E-state index in [0.29, 0.717) is 37.5 Å². The van der Waals surface area contributed by atoms with Gasteiger partial charge in [0, 0.05) is 38.4 Å². The number of carbonyl (C=O) groups is 2. The van der Waals surface area contributed by atoms with E-state index in [1.165, 1.54) is 38.5 Å². The summed E-state index contributed by atoms with van der Waals surface area (Å²) in [5, 5.41) is 7.28. The zero-order valence-electron chi connectivity index (χ0n) is 16.6. The first-order chi connectivity index (χ1) is 13.6. The Morgan fingerprint density at radius 1 is 1.04 bits per heavy atom. The summed E-state index contributed by atoms with van der Waals surface area (Å²) in [6.07, 6.45) is 10.5. The van der Waals surface area contributed by atoms with Gasteiger partial charge in [-0.25, -0.2) is 4.79 Å². The van der Waals surface area contributed by atoms with Crippen LogP contribution in [0.25, 0.3) is 0 Å². The third-order valence-electron chi connectivity index (χ3n) is 6.40. The number of nitrogens with one attached hydrogen (secondary N) is 1. The van der Waals surface area contributed by atoms with E-state index in [0.717, 1.165) is 19.5 Å². The van der Waals surface area contributed by atoms with Crippen LogP contribution in [0.4, 0.5) is 10.6 Å². The normalized spacial score (nSPS) is 22.3. The van der Waals surface area contributed by atoms with Gasteiger partial charge < -0.3 is 14.5 Å². The lowest BCUT2D eigenvalue weighted by Gasteiger charge is -2.45. The summed E-state index contributed by atoms with van der Waals surface area (Å²) >= 11 is 0. The molecule has 0 bridgehead atoms. The van der Waals surface area contributed by atoms with Crippen molar-refractivity contribution in [2.24, 2.45) is 5.41 Å². The molecule has 0 atom stereocenters. The molecule has 0 radical (unpaired) electrons. The van der Waals surface area contributed by atoms with Crippen LogP contribution in [-0.2, 0) is 16.1 Å². The number of amides is 3. The van der Waals surface area contributed by atoms with E-state index in [9.17, 15) is 9.59 Å². The molecule has 1 aromatic heterocycles. The summed E-state index contributed by atoms with van der Waals surface area (Å²) in [4.78, 5) is 28.8. The molecule has 3 amide bonds. The number of aromatic nitrogens is 2. The molecule has 2 aliphatic heterocycles. The third kappa shape index (κ3) is 4.48. The van der Waals surface area contributed by atoms with Crippen LogP contribution in [0.3, 0.4) is 0 Å². The summed E-state index contributed by atoms with van der Waals surface area (Å²) in [6, 6.07) is 1.68. The molecule has 1 N–H and O–H groups in total. The average Bonchev–Trinajstić information content (AvgIpc) is 3.16. The Hall–Kier alpha value is -2.09. The van der Waals surface area contributed by atoms with Crippen molar-refractivity contribution in [1.29, 1.82) is 0 Å². The molecule has 1 aliphatic carbocycles. The van der Waals surface area contributed by atoms with Gasteiger partial charge >= 0.3 is 6.03 Å². The van der Waals surface area contributed by atoms with E-state index >= 15 is 0 Å². The van der Waals surface area contributed by atoms with Crippen molar-refractivity contribution in [3.63, 3.8) is 0 Å². The number of hydrogen-bond acceptors (Lipinski definition) is 4. The molecule has 4 rings (SSSR count). The smallest absolute Gasteiger partial charge is 0.323 e. The van der Waals surface area contributed by atoms with Gasteiger partial charge in [0.15, 0.2) is 5.82 Å². The summed E-state index contributed by atoms with van der Waals surface area (Å²) in [5.74, 6) is 0.530. The highest BCUT2D eigenvalue weighted by Gasteiger charge is 2.38. The van der Waals surface area contributed by atoms with Gasteiger partial charge in [-0.2, -0.15) is 5.10 Å². The SMILES string of the molecule is O=C(Cn1ccc(NC(=O)N2CCCC3(CCCCC3)C2)n1)N1CCOCC1. The highest BCUT2D eigenvalue weighted by Crippen LogP contribution is 2.43. The van der Waals surface area contributed by atoms with Crippen molar-refractivity contribution in [3.05, 3.63) is 12.3 Å². The van der Waals surface area contributed by atoms with Crippen molar-refractivity contribution in [2.75, 3.05) is 44.7 Å². The van der Waals surface area contributed by atoms with Crippen LogP contribution in [0.1, 0.15) is 44.9 Å². The number of urea groups is 1. The number of morpholine rings is 1. The van der Waals surface area contributed by atoms with Crippen molar-refractivity contribution in [1.82, 2.24) is 19.6 Å². The highest BCUT2D eigenvalue weighted by atomic mass is 16.5. The van der Waals surface area contributed by atoms with E-state index in [-0.39, 0.29) is 18.5 Å². The second-order valence-electron chi connectivity index (χ2n) is 8.41. The molecule has 28 heavy (non-hydrogen) atoms. The Balaban J connectivity index is 1.30. The molecule has 8 nitrogen and oxygen atoms in total. The number of carbonyl (C=O) groups excluding carboxylic acids is 2. The lowest BCUT2D eigenvalue weighted by atomic mass is 9.69. The van der Waals surface area contributed by atoms with Crippen molar-refractivity contribution < 1.29 is 14.3 Å². The summed E-state index contributed by atoms with van der Waals surface area (Å²) in [7, 11) is 0. The fourth-order valence-corrected chi connectivity index (χ4v) is 4.85. The molecule has 1 aromatic rings. The molecule has 154 valence electrons. The Bertz CT molecular complexity index is 686. The number of piperidine rings is 1. The summed E-state index contributed by atoms with van der Waals surface area (Å²) in [5.41, 5.74) is 0.331. The number of nitrogens with zero attached hydrogens (tertiary/aromatic N) is 4. The van der Waals surface area contributed by atoms with Gasteiger partial charge in [-0.05, 0) is 31.1 Å². The zero-order valence-corrected chi connectivity index (χ0v) is 16.6. The van der Waals surface area contributed by atoms with Gasteiger partial charge in [0.25, 0.3) is 0 Å². The maximum Gasteiger partial charge on any atom is 0.323 e.